The molecule has 5 N–H and O–H groups in total. The quantitative estimate of drug-likeness (QED) is 0.234. The molecular weight excluding hydrogens is 461 g/mol. The zero-order valence-corrected chi connectivity index (χ0v) is 20.6. The second-order valence-electron chi connectivity index (χ2n) is 7.06. The van der Waals surface area contributed by atoms with Crippen LogP contribution in [0.1, 0.15) is 50.1 Å². The third kappa shape index (κ3) is 6.29. The Hall–Kier alpha value is -3.06. The minimum absolute atomic E-state index is 0.0518. The molecule has 2 rings (SSSR count). The highest BCUT2D eigenvalue weighted by atomic mass is 32.1. The van der Waals surface area contributed by atoms with E-state index in [1.165, 1.54) is 18.3 Å². The highest BCUT2D eigenvalue weighted by molar-refractivity contribution is 7.19. The Bertz CT molecular complexity index is 1130. The number of hydrogen-bond donors (Lipinski definition) is 3. The molecule has 184 valence electrons. The number of nitrogens with zero attached hydrogens (tertiary/aromatic N) is 2. The van der Waals surface area contributed by atoms with E-state index in [1.54, 1.807) is 18.2 Å². The summed E-state index contributed by atoms with van der Waals surface area (Å²) in [5.74, 6) is 5.85. The Balaban J connectivity index is 0.00000281. The van der Waals surface area contributed by atoms with Crippen LogP contribution in [0.4, 0.5) is 13.2 Å². The molecule has 0 saturated carbocycles. The molecule has 2 aromatic rings. The van der Waals surface area contributed by atoms with Crippen molar-refractivity contribution in [2.75, 3.05) is 0 Å². The zero-order valence-electron chi connectivity index (χ0n) is 19.8. The van der Waals surface area contributed by atoms with Crippen LogP contribution in [0.2, 0.25) is 0 Å². The minimum atomic E-state index is -4.92. The summed E-state index contributed by atoms with van der Waals surface area (Å²) in [6.45, 7) is 10.8. The van der Waals surface area contributed by atoms with E-state index in [1.807, 2.05) is 45.1 Å². The first kappa shape index (κ1) is 29.0. The normalized spacial score (nSPS) is 14.4. The van der Waals surface area contributed by atoms with Crippen molar-refractivity contribution < 1.29 is 18.3 Å². The maximum absolute atomic E-state index is 13.2. The summed E-state index contributed by atoms with van der Waals surface area (Å²) >= 11 is 1.32. The van der Waals surface area contributed by atoms with E-state index in [2.05, 4.69) is 12.6 Å². The number of benzene rings is 1. The Morgan fingerprint density at radius 2 is 1.97 bits per heavy atom. The number of halogens is 3. The van der Waals surface area contributed by atoms with Crippen LogP contribution >= 0.6 is 11.3 Å². The third-order valence-corrected chi connectivity index (χ3v) is 6.05. The SMILES string of the molecule is C=C/C=C\C(=C/C)c1c(C#N)sc2cc(CN(N)/C=C(\N)C(O)(CC)C(F)(F)F)ccc12.CC. The average molecular weight is 493 g/mol. The van der Waals surface area contributed by atoms with Gasteiger partial charge in [-0.05, 0) is 30.5 Å². The van der Waals surface area contributed by atoms with Crippen molar-refractivity contribution in [3.05, 3.63) is 77.0 Å². The Morgan fingerprint density at radius 3 is 2.47 bits per heavy atom. The Morgan fingerprint density at radius 1 is 1.32 bits per heavy atom. The molecule has 0 saturated heterocycles. The number of hydrogen-bond acceptors (Lipinski definition) is 6. The lowest BCUT2D eigenvalue weighted by Crippen LogP contribution is -2.49. The Kier molecular flexibility index (Phi) is 10.6. The molecule has 0 bridgehead atoms. The summed E-state index contributed by atoms with van der Waals surface area (Å²) in [4.78, 5) is 0.547. The molecule has 0 spiro atoms. The summed E-state index contributed by atoms with van der Waals surface area (Å²) in [7, 11) is 0. The van der Waals surface area contributed by atoms with Crippen molar-refractivity contribution in [1.82, 2.24) is 5.01 Å². The topological polar surface area (TPSA) is 99.3 Å². The number of thiophene rings is 1. The van der Waals surface area contributed by atoms with Crippen LogP contribution in [0.15, 0.2) is 61.0 Å². The first-order valence-electron chi connectivity index (χ1n) is 10.7. The van der Waals surface area contributed by atoms with Crippen LogP contribution in [0.5, 0.6) is 0 Å². The summed E-state index contributed by atoms with van der Waals surface area (Å²) in [6, 6.07) is 7.68. The molecule has 1 atom stereocenters. The predicted molar refractivity (Wildman–Crippen MR) is 134 cm³/mol. The van der Waals surface area contributed by atoms with Gasteiger partial charge in [0.25, 0.3) is 0 Å². The molecule has 0 aliphatic heterocycles. The van der Waals surface area contributed by atoms with E-state index in [-0.39, 0.29) is 6.54 Å². The molecule has 1 heterocycles. The number of hydrazine groups is 1. The Labute approximate surface area is 202 Å². The lowest BCUT2D eigenvalue weighted by atomic mass is 9.96. The standard InChI is InChI=1S/C23H25F3N4OS.C2H6/c1-4-7-8-16(5-2)21-17-10-9-15(11-18(17)32-19(21)12-27)13-30(29)14-20(28)22(31,6-3)23(24,25)26;1-2/h4-5,7-11,14,31H,1,6,13,28-29H2,2-3H3;1-2H3/b8-7-,16-5+,20-14-;. The van der Waals surface area contributed by atoms with Crippen LogP contribution in [0.3, 0.4) is 0 Å². The van der Waals surface area contributed by atoms with Gasteiger partial charge in [0.05, 0.1) is 12.2 Å². The van der Waals surface area contributed by atoms with Gasteiger partial charge in [0, 0.05) is 21.8 Å². The van der Waals surface area contributed by atoms with E-state index < -0.39 is 23.9 Å². The van der Waals surface area contributed by atoms with Gasteiger partial charge >= 0.3 is 6.18 Å². The lowest BCUT2D eigenvalue weighted by Gasteiger charge is -2.30. The molecule has 0 radical (unpaired) electrons. The fourth-order valence-corrected chi connectivity index (χ4v) is 4.30. The van der Waals surface area contributed by atoms with Gasteiger partial charge < -0.3 is 15.8 Å². The first-order chi connectivity index (χ1) is 16.0. The molecule has 0 amide bonds. The van der Waals surface area contributed by atoms with Crippen LogP contribution < -0.4 is 11.6 Å². The van der Waals surface area contributed by atoms with Gasteiger partial charge in [-0.2, -0.15) is 18.4 Å². The smallest absolute Gasteiger partial charge is 0.398 e. The van der Waals surface area contributed by atoms with Crippen LogP contribution in [0.25, 0.3) is 15.7 Å². The van der Waals surface area contributed by atoms with E-state index in [4.69, 9.17) is 11.6 Å². The summed E-state index contributed by atoms with van der Waals surface area (Å²) in [5, 5.41) is 21.4. The summed E-state index contributed by atoms with van der Waals surface area (Å²) in [6.07, 6.45) is 2.54. The molecule has 1 aromatic heterocycles. The summed E-state index contributed by atoms with van der Waals surface area (Å²) in [5.41, 5.74) is 4.00. The van der Waals surface area contributed by atoms with Gasteiger partial charge in [-0.25, -0.2) is 5.84 Å². The summed E-state index contributed by atoms with van der Waals surface area (Å²) < 4.78 is 40.4. The largest absolute Gasteiger partial charge is 0.422 e. The number of fused-ring (bicyclic) bond motifs is 1. The fourth-order valence-electron chi connectivity index (χ4n) is 3.21. The van der Waals surface area contributed by atoms with E-state index in [0.29, 0.717) is 10.4 Å². The maximum Gasteiger partial charge on any atom is 0.422 e. The van der Waals surface area contributed by atoms with Crippen molar-refractivity contribution in [2.24, 2.45) is 11.6 Å². The molecule has 5 nitrogen and oxygen atoms in total. The zero-order chi connectivity index (χ0) is 26.1. The molecule has 0 aliphatic rings. The molecule has 34 heavy (non-hydrogen) atoms. The van der Waals surface area contributed by atoms with Crippen molar-refractivity contribution in [2.45, 2.75) is 52.4 Å². The van der Waals surface area contributed by atoms with E-state index >= 15 is 0 Å². The fraction of sp³-hybridized carbons (Fsp3) is 0.320. The van der Waals surface area contributed by atoms with Gasteiger partial charge in [-0.3, -0.25) is 0 Å². The molecule has 1 aromatic carbocycles. The van der Waals surface area contributed by atoms with Gasteiger partial charge in [-0.1, -0.05) is 63.8 Å². The van der Waals surface area contributed by atoms with Crippen molar-refractivity contribution in [1.29, 1.82) is 5.26 Å². The first-order valence-corrected chi connectivity index (χ1v) is 11.5. The number of rotatable bonds is 8. The van der Waals surface area contributed by atoms with Crippen molar-refractivity contribution >= 4 is 27.0 Å². The maximum atomic E-state index is 13.2. The number of allylic oxidation sites excluding steroid dienone is 5. The number of alkyl halides is 3. The highest BCUT2D eigenvalue weighted by Gasteiger charge is 2.54. The second kappa shape index (κ2) is 12.4. The monoisotopic (exact) mass is 492 g/mol. The van der Waals surface area contributed by atoms with Crippen molar-refractivity contribution in [3.8, 4) is 6.07 Å². The predicted octanol–water partition coefficient (Wildman–Crippen LogP) is 6.12. The van der Waals surface area contributed by atoms with Crippen LogP contribution in [-0.4, -0.2) is 21.9 Å². The number of aliphatic hydroxyl groups is 1. The molecule has 0 fully saturated rings. The molecule has 0 aliphatic carbocycles. The van der Waals surface area contributed by atoms with Crippen LogP contribution in [0, 0.1) is 11.3 Å². The highest BCUT2D eigenvalue weighted by Crippen LogP contribution is 2.38. The van der Waals surface area contributed by atoms with E-state index in [0.717, 1.165) is 32.4 Å². The van der Waals surface area contributed by atoms with Gasteiger partial charge in [0.1, 0.15) is 10.9 Å². The minimum Gasteiger partial charge on any atom is -0.398 e. The lowest BCUT2D eigenvalue weighted by molar-refractivity contribution is -0.245. The molecular formula is C25H31F3N4OS. The van der Waals surface area contributed by atoms with Gasteiger partial charge in [-0.15, -0.1) is 11.3 Å². The van der Waals surface area contributed by atoms with Crippen molar-refractivity contribution in [3.63, 3.8) is 0 Å². The number of nitriles is 1. The molecule has 9 heteroatoms. The number of nitrogens with two attached hydrogens (primary N) is 2. The van der Waals surface area contributed by atoms with Gasteiger partial charge in [0.2, 0.25) is 5.60 Å². The third-order valence-electron chi connectivity index (χ3n) is 5.00. The average Bonchev–Trinajstić information content (AvgIpc) is 3.17. The van der Waals surface area contributed by atoms with Crippen LogP contribution in [-0.2, 0) is 6.54 Å². The van der Waals surface area contributed by atoms with E-state index in [9.17, 15) is 23.5 Å². The van der Waals surface area contributed by atoms with Gasteiger partial charge in [0.15, 0.2) is 0 Å². The molecule has 1 unspecified atom stereocenters. The second-order valence-corrected chi connectivity index (χ2v) is 8.11.